The van der Waals surface area contributed by atoms with Crippen LogP contribution in [0.5, 0.6) is 0 Å². The number of carboxylic acid groups (broad SMARTS) is 1. The van der Waals surface area contributed by atoms with Gasteiger partial charge in [-0.1, -0.05) is 0 Å². The molecule has 0 bridgehead atoms. The Morgan fingerprint density at radius 3 is 2.30 bits per heavy atom. The van der Waals surface area contributed by atoms with Gasteiger partial charge in [-0.05, 0) is 36.5 Å². The minimum atomic E-state index is -3.77. The largest absolute Gasteiger partial charge is 0.480 e. The SMILES string of the molecule is NS(=O)(=O)c1ccc(NC(=S)NC(CO)C(=O)O)cc1. The Morgan fingerprint density at radius 1 is 1.35 bits per heavy atom. The fourth-order valence-electron chi connectivity index (χ4n) is 1.24. The van der Waals surface area contributed by atoms with E-state index in [-0.39, 0.29) is 10.0 Å². The predicted molar refractivity (Wildman–Crippen MR) is 75.7 cm³/mol. The second-order valence-corrected chi connectivity index (χ2v) is 5.71. The summed E-state index contributed by atoms with van der Waals surface area (Å²) >= 11 is 4.86. The van der Waals surface area contributed by atoms with Gasteiger partial charge in [0.2, 0.25) is 10.0 Å². The molecule has 20 heavy (non-hydrogen) atoms. The van der Waals surface area contributed by atoms with Crippen molar-refractivity contribution in [3.63, 3.8) is 0 Å². The number of nitrogens with one attached hydrogen (secondary N) is 2. The van der Waals surface area contributed by atoms with E-state index in [1.807, 2.05) is 0 Å². The molecule has 1 aromatic carbocycles. The number of nitrogens with two attached hydrogens (primary N) is 1. The highest BCUT2D eigenvalue weighted by Crippen LogP contribution is 2.12. The number of hydrogen-bond acceptors (Lipinski definition) is 5. The van der Waals surface area contributed by atoms with Crippen LogP contribution in [0.25, 0.3) is 0 Å². The zero-order valence-electron chi connectivity index (χ0n) is 10.1. The van der Waals surface area contributed by atoms with E-state index in [0.717, 1.165) is 0 Å². The number of rotatable bonds is 5. The zero-order chi connectivity index (χ0) is 15.3. The highest BCUT2D eigenvalue weighted by Gasteiger charge is 2.16. The summed E-state index contributed by atoms with van der Waals surface area (Å²) in [6.45, 7) is -0.624. The number of carbonyl (C=O) groups is 1. The van der Waals surface area contributed by atoms with Crippen LogP contribution in [0.2, 0.25) is 0 Å². The van der Waals surface area contributed by atoms with Gasteiger partial charge in [-0.15, -0.1) is 0 Å². The van der Waals surface area contributed by atoms with E-state index in [1.54, 1.807) is 0 Å². The third-order valence-electron chi connectivity index (χ3n) is 2.23. The van der Waals surface area contributed by atoms with Gasteiger partial charge < -0.3 is 20.8 Å². The lowest BCUT2D eigenvalue weighted by Gasteiger charge is -2.15. The average Bonchev–Trinajstić information content (AvgIpc) is 2.35. The second-order valence-electron chi connectivity index (χ2n) is 3.74. The van der Waals surface area contributed by atoms with Crippen LogP contribution < -0.4 is 15.8 Å². The van der Waals surface area contributed by atoms with E-state index in [4.69, 9.17) is 27.6 Å². The Labute approximate surface area is 120 Å². The molecule has 0 amide bonds. The summed E-state index contributed by atoms with van der Waals surface area (Å²) in [5, 5.41) is 27.5. The molecule has 0 saturated heterocycles. The first-order chi connectivity index (χ1) is 9.24. The number of carboxylic acids is 1. The van der Waals surface area contributed by atoms with E-state index >= 15 is 0 Å². The molecule has 0 aromatic heterocycles. The molecule has 0 spiro atoms. The molecule has 110 valence electrons. The van der Waals surface area contributed by atoms with Gasteiger partial charge in [0.25, 0.3) is 0 Å². The van der Waals surface area contributed by atoms with E-state index in [2.05, 4.69) is 10.6 Å². The summed E-state index contributed by atoms with van der Waals surface area (Å²) in [6, 6.07) is 4.17. The molecule has 0 aliphatic rings. The molecule has 1 rings (SSSR count). The van der Waals surface area contributed by atoms with Crippen molar-refractivity contribution >= 4 is 39.0 Å². The van der Waals surface area contributed by atoms with Crippen molar-refractivity contribution in [3.05, 3.63) is 24.3 Å². The third-order valence-corrected chi connectivity index (χ3v) is 3.38. The van der Waals surface area contributed by atoms with Crippen LogP contribution in [0.15, 0.2) is 29.2 Å². The predicted octanol–water partition coefficient (Wildman–Crippen LogP) is -0.934. The Morgan fingerprint density at radius 2 is 1.90 bits per heavy atom. The number of aliphatic hydroxyl groups is 1. The normalized spacial score (nSPS) is 12.5. The first-order valence-corrected chi connectivity index (χ1v) is 7.23. The molecule has 1 aromatic rings. The minimum Gasteiger partial charge on any atom is -0.480 e. The first kappa shape index (κ1) is 16.3. The Kier molecular flexibility index (Phi) is 5.39. The molecule has 1 atom stereocenters. The van der Waals surface area contributed by atoms with Crippen LogP contribution in [0.1, 0.15) is 0 Å². The summed E-state index contributed by atoms with van der Waals surface area (Å²) in [5.41, 5.74) is 0.442. The van der Waals surface area contributed by atoms with E-state index in [9.17, 15) is 13.2 Å². The van der Waals surface area contributed by atoms with Crippen LogP contribution >= 0.6 is 12.2 Å². The summed E-state index contributed by atoms with van der Waals surface area (Å²) < 4.78 is 22.1. The monoisotopic (exact) mass is 319 g/mol. The standard InChI is InChI=1S/C10H13N3O5S2/c11-20(17,18)7-3-1-6(2-4-7)12-10(19)13-8(5-14)9(15)16/h1-4,8,14H,5H2,(H,15,16)(H2,11,17,18)(H2,12,13,19). The number of sulfonamides is 1. The Bertz CT molecular complexity index is 600. The van der Waals surface area contributed by atoms with Crippen LogP contribution in [-0.2, 0) is 14.8 Å². The molecule has 0 heterocycles. The Balaban J connectivity index is 2.70. The van der Waals surface area contributed by atoms with E-state index in [0.29, 0.717) is 5.69 Å². The fourth-order valence-corrected chi connectivity index (χ4v) is 2.01. The smallest absolute Gasteiger partial charge is 0.328 e. The first-order valence-electron chi connectivity index (χ1n) is 5.28. The maximum absolute atomic E-state index is 11.1. The van der Waals surface area contributed by atoms with Crippen LogP contribution in [0, 0.1) is 0 Å². The van der Waals surface area contributed by atoms with Gasteiger partial charge in [0.05, 0.1) is 11.5 Å². The summed E-state index contributed by atoms with van der Waals surface area (Å²) in [7, 11) is -3.77. The van der Waals surface area contributed by atoms with Crippen molar-refractivity contribution in [2.24, 2.45) is 5.14 Å². The van der Waals surface area contributed by atoms with Gasteiger partial charge >= 0.3 is 5.97 Å². The minimum absolute atomic E-state index is 0.0187. The van der Waals surface area contributed by atoms with Crippen molar-refractivity contribution in [2.45, 2.75) is 10.9 Å². The lowest BCUT2D eigenvalue weighted by molar-refractivity contribution is -0.139. The Hall–Kier alpha value is -1.75. The molecule has 0 aliphatic carbocycles. The van der Waals surface area contributed by atoms with Gasteiger partial charge in [-0.2, -0.15) is 0 Å². The van der Waals surface area contributed by atoms with Crippen molar-refractivity contribution in [1.82, 2.24) is 5.32 Å². The average molecular weight is 319 g/mol. The third kappa shape index (κ3) is 4.74. The van der Waals surface area contributed by atoms with Crippen molar-refractivity contribution in [1.29, 1.82) is 0 Å². The number of benzene rings is 1. The maximum atomic E-state index is 11.1. The quantitative estimate of drug-likeness (QED) is 0.438. The lowest BCUT2D eigenvalue weighted by atomic mass is 10.3. The number of primary sulfonamides is 1. The molecule has 0 radical (unpaired) electrons. The number of thiocarbonyl (C=S) groups is 1. The summed E-state index contributed by atoms with van der Waals surface area (Å²) in [5.74, 6) is -1.25. The van der Waals surface area contributed by atoms with Gasteiger partial charge in [-0.3, -0.25) is 0 Å². The van der Waals surface area contributed by atoms with Gasteiger partial charge in [0.1, 0.15) is 6.04 Å². The number of hydrogen-bond donors (Lipinski definition) is 5. The summed E-state index contributed by atoms with van der Waals surface area (Å²) in [4.78, 5) is 10.6. The van der Waals surface area contributed by atoms with Crippen molar-refractivity contribution in [2.75, 3.05) is 11.9 Å². The van der Waals surface area contributed by atoms with Gasteiger partial charge in [0, 0.05) is 5.69 Å². The van der Waals surface area contributed by atoms with E-state index < -0.39 is 28.6 Å². The lowest BCUT2D eigenvalue weighted by Crippen LogP contribution is -2.45. The van der Waals surface area contributed by atoms with Crippen LogP contribution in [-0.4, -0.2) is 42.4 Å². The molecule has 0 fully saturated rings. The van der Waals surface area contributed by atoms with Crippen molar-refractivity contribution < 1.29 is 23.4 Å². The number of aliphatic carboxylic acids is 1. The highest BCUT2D eigenvalue weighted by atomic mass is 32.2. The number of aliphatic hydroxyl groups excluding tert-OH is 1. The maximum Gasteiger partial charge on any atom is 0.328 e. The molecule has 10 heteroatoms. The van der Waals surface area contributed by atoms with Crippen molar-refractivity contribution in [3.8, 4) is 0 Å². The fraction of sp³-hybridized carbons (Fsp3) is 0.200. The van der Waals surface area contributed by atoms with Gasteiger partial charge in [0.15, 0.2) is 5.11 Å². The van der Waals surface area contributed by atoms with E-state index in [1.165, 1.54) is 24.3 Å². The topological polar surface area (TPSA) is 142 Å². The second kappa shape index (κ2) is 6.61. The molecule has 6 N–H and O–H groups in total. The summed E-state index contributed by atoms with van der Waals surface area (Å²) in [6.07, 6.45) is 0. The molecule has 0 saturated carbocycles. The molecular weight excluding hydrogens is 306 g/mol. The molecule has 8 nitrogen and oxygen atoms in total. The molecule has 1 unspecified atom stereocenters. The number of anilines is 1. The van der Waals surface area contributed by atoms with Gasteiger partial charge in [-0.25, -0.2) is 18.4 Å². The van der Waals surface area contributed by atoms with Crippen LogP contribution in [0.4, 0.5) is 5.69 Å². The molecular formula is C10H13N3O5S2. The zero-order valence-corrected chi connectivity index (χ0v) is 11.7. The molecule has 0 aliphatic heterocycles. The van der Waals surface area contributed by atoms with Crippen LogP contribution in [0.3, 0.4) is 0 Å². The highest BCUT2D eigenvalue weighted by molar-refractivity contribution is 7.89.